The van der Waals surface area contributed by atoms with E-state index in [1.54, 1.807) is 0 Å². The van der Waals surface area contributed by atoms with Crippen LogP contribution in [0.2, 0.25) is 0 Å². The van der Waals surface area contributed by atoms with Gasteiger partial charge in [0.15, 0.2) is 0 Å². The molecule has 322 valence electrons. The van der Waals surface area contributed by atoms with Crippen molar-refractivity contribution in [2.75, 3.05) is 26.4 Å². The van der Waals surface area contributed by atoms with Crippen molar-refractivity contribution in [1.29, 1.82) is 0 Å². The molecule has 10 nitrogen and oxygen atoms in total. The molecule has 11 heteroatoms. The SMILES string of the molecule is CC/C=C\C/C=C\C/C=C\CCCCCCCCCCOCC(COP(=O)(O)OCC(N)C(=O)O)OC(=O)CCCCCCCCCCCCCCCCC. The molecule has 55 heavy (non-hydrogen) atoms. The van der Waals surface area contributed by atoms with Crippen LogP contribution in [0.4, 0.5) is 0 Å². The molecule has 0 saturated carbocycles. The van der Waals surface area contributed by atoms with E-state index in [-0.39, 0.29) is 13.0 Å². The lowest BCUT2D eigenvalue weighted by Gasteiger charge is -2.20. The average molecular weight is 800 g/mol. The Morgan fingerprint density at radius 3 is 1.58 bits per heavy atom. The normalized spacial score (nSPS) is 14.3. The van der Waals surface area contributed by atoms with Crippen molar-refractivity contribution in [3.63, 3.8) is 0 Å². The molecule has 0 aliphatic heterocycles. The second-order valence-electron chi connectivity index (χ2n) is 14.8. The number of allylic oxidation sites excluding steroid dienone is 6. The Labute approximate surface area is 336 Å². The van der Waals surface area contributed by atoms with Crippen molar-refractivity contribution in [3.8, 4) is 0 Å². The fraction of sp³-hybridized carbons (Fsp3) is 0.818. The van der Waals surface area contributed by atoms with Crippen molar-refractivity contribution in [1.82, 2.24) is 0 Å². The van der Waals surface area contributed by atoms with Gasteiger partial charge in [0.2, 0.25) is 0 Å². The number of carbonyl (C=O) groups is 2. The molecule has 0 aromatic carbocycles. The van der Waals surface area contributed by atoms with Crippen LogP contribution in [0.3, 0.4) is 0 Å². The van der Waals surface area contributed by atoms with E-state index in [2.05, 4.69) is 50.3 Å². The minimum Gasteiger partial charge on any atom is -0.480 e. The Hall–Kier alpha value is -1.81. The molecular weight excluding hydrogens is 717 g/mol. The molecule has 0 aromatic heterocycles. The van der Waals surface area contributed by atoms with Gasteiger partial charge in [0.25, 0.3) is 0 Å². The van der Waals surface area contributed by atoms with E-state index in [1.165, 1.54) is 109 Å². The van der Waals surface area contributed by atoms with Crippen LogP contribution in [0.15, 0.2) is 36.5 Å². The molecule has 3 unspecified atom stereocenters. The van der Waals surface area contributed by atoms with Crippen LogP contribution in [-0.4, -0.2) is 60.5 Å². The van der Waals surface area contributed by atoms with Gasteiger partial charge in [0, 0.05) is 13.0 Å². The van der Waals surface area contributed by atoms with Crippen molar-refractivity contribution in [2.45, 2.75) is 206 Å². The second kappa shape index (κ2) is 40.4. The smallest absolute Gasteiger partial charge is 0.472 e. The number of ether oxygens (including phenoxy) is 2. The van der Waals surface area contributed by atoms with Crippen molar-refractivity contribution >= 4 is 19.8 Å². The van der Waals surface area contributed by atoms with Gasteiger partial charge in [0.05, 0.1) is 19.8 Å². The molecule has 0 fully saturated rings. The maximum Gasteiger partial charge on any atom is 0.472 e. The maximum absolute atomic E-state index is 12.6. The standard InChI is InChI=1S/C44H82NO9P/c1-3-5-7-9-11-13-15-17-19-20-21-23-25-27-29-31-33-35-37-51-38-41(39-52-55(49,50)53-40-42(45)44(47)48)54-43(46)36-34-32-30-28-26-24-22-18-16-14-12-10-8-6-4-2/h5,7,11,13,17,19,41-42H,3-4,6,8-10,12,14-16,18,20-40,45H2,1-2H3,(H,47,48)(H,49,50)/b7-5-,13-11-,19-17-. The third-order valence-electron chi connectivity index (χ3n) is 9.43. The second-order valence-corrected chi connectivity index (χ2v) is 16.3. The summed E-state index contributed by atoms with van der Waals surface area (Å²) in [6, 6.07) is -1.47. The van der Waals surface area contributed by atoms with Gasteiger partial charge in [-0.15, -0.1) is 0 Å². The Morgan fingerprint density at radius 2 is 1.05 bits per heavy atom. The van der Waals surface area contributed by atoms with Gasteiger partial charge in [-0.1, -0.05) is 179 Å². The summed E-state index contributed by atoms with van der Waals surface area (Å²) >= 11 is 0. The highest BCUT2D eigenvalue weighted by molar-refractivity contribution is 7.47. The quantitative estimate of drug-likeness (QED) is 0.0235. The van der Waals surface area contributed by atoms with Gasteiger partial charge in [-0.3, -0.25) is 18.6 Å². The topological polar surface area (TPSA) is 155 Å². The fourth-order valence-electron chi connectivity index (χ4n) is 6.03. The number of aliphatic carboxylic acids is 1. The first-order chi connectivity index (χ1) is 26.7. The molecule has 0 spiro atoms. The number of hydrogen-bond acceptors (Lipinski definition) is 8. The van der Waals surface area contributed by atoms with Crippen molar-refractivity contribution in [3.05, 3.63) is 36.5 Å². The van der Waals surface area contributed by atoms with Gasteiger partial charge in [0.1, 0.15) is 12.1 Å². The Morgan fingerprint density at radius 1 is 0.600 bits per heavy atom. The number of carboxylic acids is 1. The highest BCUT2D eigenvalue weighted by atomic mass is 31.2. The number of esters is 1. The number of phosphoric ester groups is 1. The molecule has 0 aliphatic rings. The lowest BCUT2D eigenvalue weighted by molar-refractivity contribution is -0.154. The van der Waals surface area contributed by atoms with E-state index >= 15 is 0 Å². The number of unbranched alkanes of at least 4 members (excludes halogenated alkanes) is 22. The Balaban J connectivity index is 4.22. The van der Waals surface area contributed by atoms with E-state index < -0.39 is 45.1 Å². The number of hydrogen-bond donors (Lipinski definition) is 3. The molecule has 0 amide bonds. The number of rotatable bonds is 42. The van der Waals surface area contributed by atoms with E-state index in [0.29, 0.717) is 13.0 Å². The zero-order chi connectivity index (χ0) is 40.5. The predicted molar refractivity (Wildman–Crippen MR) is 226 cm³/mol. The third-order valence-corrected chi connectivity index (χ3v) is 10.4. The molecule has 3 atom stereocenters. The summed E-state index contributed by atoms with van der Waals surface area (Å²) in [6.07, 6.45) is 44.8. The summed E-state index contributed by atoms with van der Waals surface area (Å²) in [5.74, 6) is -1.78. The van der Waals surface area contributed by atoms with Gasteiger partial charge < -0.3 is 25.2 Å². The molecule has 4 N–H and O–H groups in total. The van der Waals surface area contributed by atoms with Crippen LogP contribution < -0.4 is 5.73 Å². The van der Waals surface area contributed by atoms with Crippen LogP contribution in [-0.2, 0) is 32.7 Å². The van der Waals surface area contributed by atoms with Crippen LogP contribution in [0, 0.1) is 0 Å². The summed E-state index contributed by atoms with van der Waals surface area (Å²) in [4.78, 5) is 33.5. The van der Waals surface area contributed by atoms with Gasteiger partial charge in [-0.25, -0.2) is 4.57 Å². The van der Waals surface area contributed by atoms with Gasteiger partial charge in [-0.05, 0) is 44.9 Å². The predicted octanol–water partition coefficient (Wildman–Crippen LogP) is 12.1. The van der Waals surface area contributed by atoms with E-state index in [4.69, 9.17) is 29.4 Å². The monoisotopic (exact) mass is 800 g/mol. The average Bonchev–Trinajstić information content (AvgIpc) is 3.16. The Kier molecular flexibility index (Phi) is 39.1. The molecule has 0 bridgehead atoms. The molecular formula is C44H82NO9P. The van der Waals surface area contributed by atoms with Crippen LogP contribution >= 0.6 is 7.82 Å². The summed E-state index contributed by atoms with van der Waals surface area (Å²) in [7, 11) is -4.62. The summed E-state index contributed by atoms with van der Waals surface area (Å²) in [6.45, 7) is 3.77. The number of nitrogens with two attached hydrogens (primary N) is 1. The van der Waals surface area contributed by atoms with Crippen LogP contribution in [0.1, 0.15) is 194 Å². The van der Waals surface area contributed by atoms with Crippen LogP contribution in [0.5, 0.6) is 0 Å². The van der Waals surface area contributed by atoms with Gasteiger partial charge >= 0.3 is 19.8 Å². The van der Waals surface area contributed by atoms with E-state index in [1.807, 2.05) is 0 Å². The molecule has 0 aliphatic carbocycles. The summed E-state index contributed by atoms with van der Waals surface area (Å²) in [5, 5.41) is 8.89. The highest BCUT2D eigenvalue weighted by Crippen LogP contribution is 2.43. The highest BCUT2D eigenvalue weighted by Gasteiger charge is 2.27. The summed E-state index contributed by atoms with van der Waals surface area (Å²) < 4.78 is 33.4. The van der Waals surface area contributed by atoms with Gasteiger partial charge in [-0.2, -0.15) is 0 Å². The first-order valence-electron chi connectivity index (χ1n) is 22.0. The Bertz CT molecular complexity index is 1020. The zero-order valence-electron chi connectivity index (χ0n) is 35.0. The molecule has 0 aromatic rings. The first-order valence-corrected chi connectivity index (χ1v) is 23.5. The first kappa shape index (κ1) is 53.2. The van der Waals surface area contributed by atoms with Crippen LogP contribution in [0.25, 0.3) is 0 Å². The van der Waals surface area contributed by atoms with E-state index in [9.17, 15) is 19.0 Å². The minimum atomic E-state index is -4.62. The third kappa shape index (κ3) is 40.2. The maximum atomic E-state index is 12.6. The zero-order valence-corrected chi connectivity index (χ0v) is 35.9. The summed E-state index contributed by atoms with van der Waals surface area (Å²) in [5.41, 5.74) is 5.36. The number of phosphoric acid groups is 1. The lowest BCUT2D eigenvalue weighted by Crippen LogP contribution is -2.34. The largest absolute Gasteiger partial charge is 0.480 e. The number of carboxylic acid groups (broad SMARTS) is 1. The molecule has 0 saturated heterocycles. The van der Waals surface area contributed by atoms with Crippen molar-refractivity contribution < 1.29 is 42.7 Å². The minimum absolute atomic E-state index is 0.0142. The lowest BCUT2D eigenvalue weighted by atomic mass is 10.0. The molecule has 0 rings (SSSR count). The molecule has 0 heterocycles. The van der Waals surface area contributed by atoms with E-state index in [0.717, 1.165) is 57.8 Å². The fourth-order valence-corrected chi connectivity index (χ4v) is 6.81. The molecule has 0 radical (unpaired) electrons. The van der Waals surface area contributed by atoms with Crippen molar-refractivity contribution in [2.24, 2.45) is 5.73 Å². The number of carbonyl (C=O) groups excluding carboxylic acids is 1.